The second kappa shape index (κ2) is 12.2. The second-order valence-electron chi connectivity index (χ2n) is 12.8. The minimum Gasteiger partial charge on any atom is -0.456 e. The van der Waals surface area contributed by atoms with Gasteiger partial charge in [-0.25, -0.2) is 9.98 Å². The SMILES string of the molecule is [2H]c1cc([2H])c2oc3c(-c4c([2H])c([2H])c5c(oc6c([2H])c([2H])c([2H])c([2H])c65)c4[2H])c([2H])c([2H])c([2H])c3c2c1C1=NC(c2ccc3ccccc3c2)N=C(c2ccc(-c3ccccc3)cc2)N1. The molecule has 5 nitrogen and oxygen atoms in total. The van der Waals surface area contributed by atoms with Crippen LogP contribution >= 0.6 is 0 Å². The normalized spacial score (nSPS) is 17.6. The Morgan fingerprint density at radius 2 is 1.26 bits per heavy atom. The van der Waals surface area contributed by atoms with Crippen LogP contribution in [-0.2, 0) is 0 Å². The molecule has 254 valence electrons. The van der Waals surface area contributed by atoms with Crippen molar-refractivity contribution in [2.45, 2.75) is 6.17 Å². The highest BCUT2D eigenvalue weighted by atomic mass is 16.3. The first kappa shape index (κ1) is 20.7. The Morgan fingerprint density at radius 3 is 2.17 bits per heavy atom. The first-order chi connectivity index (χ1) is 31.7. The van der Waals surface area contributed by atoms with Gasteiger partial charge in [0.1, 0.15) is 34.0 Å². The third kappa shape index (κ3) is 5.01. The summed E-state index contributed by atoms with van der Waals surface area (Å²) in [7, 11) is 0. The molecule has 10 aromatic rings. The average molecular weight is 706 g/mol. The van der Waals surface area contributed by atoms with Crippen molar-refractivity contribution in [2.24, 2.45) is 9.98 Å². The number of nitrogens with zero attached hydrogens (tertiary/aromatic N) is 2. The Morgan fingerprint density at radius 1 is 0.500 bits per heavy atom. The zero-order valence-electron chi connectivity index (χ0n) is 40.1. The van der Waals surface area contributed by atoms with Crippen LogP contribution in [0.4, 0.5) is 0 Å². The third-order valence-corrected chi connectivity index (χ3v) is 9.63. The molecule has 1 aliphatic rings. The number of rotatable bonds is 5. The first-order valence-corrected chi connectivity index (χ1v) is 17.2. The van der Waals surface area contributed by atoms with E-state index >= 15 is 0 Å². The lowest BCUT2D eigenvalue weighted by Gasteiger charge is -2.23. The fourth-order valence-electron chi connectivity index (χ4n) is 7.00. The van der Waals surface area contributed by atoms with Crippen LogP contribution in [0.2, 0.25) is 0 Å². The van der Waals surface area contributed by atoms with Gasteiger partial charge < -0.3 is 14.2 Å². The molecule has 2 aromatic heterocycles. The number of fused-ring (bicyclic) bond motifs is 7. The van der Waals surface area contributed by atoms with Crippen molar-refractivity contribution in [3.63, 3.8) is 0 Å². The topological polar surface area (TPSA) is 63.0 Å². The molecule has 5 heteroatoms. The van der Waals surface area contributed by atoms with Crippen molar-refractivity contribution < 1.29 is 25.3 Å². The van der Waals surface area contributed by atoms with E-state index in [0.29, 0.717) is 11.4 Å². The summed E-state index contributed by atoms with van der Waals surface area (Å²) in [6.45, 7) is 0. The fourth-order valence-corrected chi connectivity index (χ4v) is 7.00. The summed E-state index contributed by atoms with van der Waals surface area (Å²) >= 11 is 0. The van der Waals surface area contributed by atoms with Crippen LogP contribution in [0.5, 0.6) is 0 Å². The lowest BCUT2D eigenvalue weighted by molar-refractivity contribution is 0.668. The van der Waals surface area contributed by atoms with Gasteiger partial charge in [0, 0.05) is 38.2 Å². The van der Waals surface area contributed by atoms with Crippen LogP contribution in [0.3, 0.4) is 0 Å². The highest BCUT2D eigenvalue weighted by Crippen LogP contribution is 2.40. The largest absolute Gasteiger partial charge is 0.456 e. The molecular weight excluding hydrogens is 663 g/mol. The summed E-state index contributed by atoms with van der Waals surface area (Å²) in [5.41, 5.74) is 1.79. The summed E-state index contributed by atoms with van der Waals surface area (Å²) in [4.78, 5) is 10.1. The standard InChI is InChI=1S/C49H31N3O2/c1-2-10-30(11-3-1)32-20-23-33(24-21-32)47-50-48(36-25-22-31-12-4-5-13-34(31)28-36)52-49(51-47)41-17-9-19-43-45(41)40-16-8-15-37(46(40)54-43)35-26-27-39-38-14-6-7-18-42(38)53-44(39)29-35/h1-29,48H,(H,50,51,52)/i6D,7D,8D,14D,15D,16D,17D,18D,19D,26D,27D,29D. The van der Waals surface area contributed by atoms with Crippen LogP contribution in [-0.4, -0.2) is 11.7 Å². The molecule has 0 radical (unpaired) electrons. The summed E-state index contributed by atoms with van der Waals surface area (Å²) in [5, 5.41) is 4.87. The number of hydrogen-bond donors (Lipinski definition) is 1. The molecule has 0 amide bonds. The van der Waals surface area contributed by atoms with Crippen molar-refractivity contribution in [1.82, 2.24) is 5.32 Å². The predicted molar refractivity (Wildman–Crippen MR) is 221 cm³/mol. The van der Waals surface area contributed by atoms with Crippen molar-refractivity contribution in [1.29, 1.82) is 0 Å². The van der Waals surface area contributed by atoms with E-state index in [0.717, 1.165) is 27.5 Å². The van der Waals surface area contributed by atoms with Crippen LogP contribution in [0.1, 0.15) is 39.3 Å². The molecule has 0 spiro atoms. The molecule has 0 aliphatic carbocycles. The highest BCUT2D eigenvalue weighted by Gasteiger charge is 2.24. The summed E-state index contributed by atoms with van der Waals surface area (Å²) in [6.07, 6.45) is -0.843. The number of amidine groups is 2. The number of para-hydroxylation sites is 2. The Hall–Kier alpha value is -7.24. The van der Waals surface area contributed by atoms with Crippen LogP contribution < -0.4 is 5.32 Å². The van der Waals surface area contributed by atoms with Crippen molar-refractivity contribution in [3.05, 3.63) is 192 Å². The van der Waals surface area contributed by atoms with E-state index in [1.807, 2.05) is 97.1 Å². The maximum absolute atomic E-state index is 9.38. The van der Waals surface area contributed by atoms with Gasteiger partial charge in [0.15, 0.2) is 6.17 Å². The predicted octanol–water partition coefficient (Wildman–Crippen LogP) is 12.5. The molecular formula is C49H31N3O2. The van der Waals surface area contributed by atoms with Crippen LogP contribution in [0.25, 0.3) is 76.9 Å². The van der Waals surface area contributed by atoms with Gasteiger partial charge in [-0.2, -0.15) is 0 Å². The third-order valence-electron chi connectivity index (χ3n) is 9.63. The average Bonchev–Trinajstić information content (AvgIpc) is 3.94. The smallest absolute Gasteiger partial charge is 0.169 e. The summed E-state index contributed by atoms with van der Waals surface area (Å²) in [6, 6.07) is 26.6. The Balaban J connectivity index is 1.16. The Bertz CT molecular complexity index is 3830. The lowest BCUT2D eigenvalue weighted by Crippen LogP contribution is -2.36. The molecule has 1 unspecified atom stereocenters. The van der Waals surface area contributed by atoms with Gasteiger partial charge in [-0.05, 0) is 63.3 Å². The van der Waals surface area contributed by atoms with Gasteiger partial charge in [-0.3, -0.25) is 0 Å². The van der Waals surface area contributed by atoms with E-state index in [4.69, 9.17) is 28.4 Å². The highest BCUT2D eigenvalue weighted by molar-refractivity contribution is 6.24. The molecule has 8 aromatic carbocycles. The minimum atomic E-state index is -0.843. The van der Waals surface area contributed by atoms with E-state index in [-0.39, 0.29) is 78.5 Å². The summed E-state index contributed by atoms with van der Waals surface area (Å²) < 4.78 is 119. The molecule has 0 bridgehead atoms. The monoisotopic (exact) mass is 705 g/mol. The van der Waals surface area contributed by atoms with E-state index in [1.54, 1.807) is 0 Å². The van der Waals surface area contributed by atoms with E-state index < -0.39 is 66.6 Å². The number of furan rings is 2. The van der Waals surface area contributed by atoms with E-state index in [9.17, 15) is 6.85 Å². The molecule has 1 atom stereocenters. The quantitative estimate of drug-likeness (QED) is 0.194. The number of nitrogens with one attached hydrogen (secondary N) is 1. The lowest BCUT2D eigenvalue weighted by atomic mass is 9.99. The summed E-state index contributed by atoms with van der Waals surface area (Å²) in [5.74, 6) is 0.556. The van der Waals surface area contributed by atoms with Crippen LogP contribution in [0, 0.1) is 0 Å². The van der Waals surface area contributed by atoms with Gasteiger partial charge in [-0.1, -0.05) is 145 Å². The van der Waals surface area contributed by atoms with Crippen molar-refractivity contribution in [3.8, 4) is 22.3 Å². The first-order valence-electron chi connectivity index (χ1n) is 23.2. The zero-order chi connectivity index (χ0) is 46.0. The van der Waals surface area contributed by atoms with Gasteiger partial charge in [-0.15, -0.1) is 0 Å². The zero-order valence-corrected chi connectivity index (χ0v) is 28.1. The molecule has 3 heterocycles. The molecule has 1 aliphatic heterocycles. The maximum atomic E-state index is 9.38. The fraction of sp³-hybridized carbons (Fsp3) is 0.0204. The Labute approximate surface area is 327 Å². The second-order valence-corrected chi connectivity index (χ2v) is 12.8. The molecule has 0 saturated carbocycles. The molecule has 54 heavy (non-hydrogen) atoms. The molecule has 1 N–H and O–H groups in total. The van der Waals surface area contributed by atoms with Gasteiger partial charge in [0.25, 0.3) is 0 Å². The maximum Gasteiger partial charge on any atom is 0.169 e. The van der Waals surface area contributed by atoms with Gasteiger partial charge >= 0.3 is 0 Å². The van der Waals surface area contributed by atoms with Gasteiger partial charge in [0.2, 0.25) is 0 Å². The minimum absolute atomic E-state index is 0.0454. The molecule has 0 fully saturated rings. The van der Waals surface area contributed by atoms with Gasteiger partial charge in [0.05, 0.1) is 16.4 Å². The molecule has 11 rings (SSSR count). The van der Waals surface area contributed by atoms with Crippen LogP contribution in [0.15, 0.2) is 194 Å². The van der Waals surface area contributed by atoms with Crippen molar-refractivity contribution >= 4 is 66.3 Å². The van der Waals surface area contributed by atoms with E-state index in [2.05, 4.69) is 5.32 Å². The molecule has 0 saturated heterocycles. The number of aliphatic imine (C=N–C) groups is 2. The van der Waals surface area contributed by atoms with E-state index in [1.165, 1.54) is 6.07 Å². The van der Waals surface area contributed by atoms with Crippen molar-refractivity contribution in [2.75, 3.05) is 0 Å². The Kier molecular flexibility index (Phi) is 4.67. The number of benzene rings is 8. The number of hydrogen-bond acceptors (Lipinski definition) is 5.